The predicted octanol–water partition coefficient (Wildman–Crippen LogP) is 1.69. The zero-order valence-corrected chi connectivity index (χ0v) is 14.4. The number of carbonyl (C=O) groups excluding carboxylic acids is 1. The summed E-state index contributed by atoms with van der Waals surface area (Å²) in [6.45, 7) is 7.74. The van der Waals surface area contributed by atoms with Gasteiger partial charge in [-0.25, -0.2) is 9.97 Å². The van der Waals surface area contributed by atoms with Gasteiger partial charge in [0.2, 0.25) is 0 Å². The highest BCUT2D eigenvalue weighted by molar-refractivity contribution is 5.96. The van der Waals surface area contributed by atoms with Gasteiger partial charge < -0.3 is 10.6 Å². The van der Waals surface area contributed by atoms with Gasteiger partial charge in [-0.3, -0.25) is 9.48 Å². The SMILES string of the molecule is CC(C)(C)c1ncc(NC(=O)C2(n3cccn3)CCNCC2)cn1. The number of nitrogens with zero attached hydrogens (tertiary/aromatic N) is 4. The van der Waals surface area contributed by atoms with Crippen molar-refractivity contribution in [2.45, 2.75) is 44.6 Å². The van der Waals surface area contributed by atoms with Crippen molar-refractivity contribution < 1.29 is 4.79 Å². The second-order valence-electron chi connectivity index (χ2n) is 7.23. The first-order valence-corrected chi connectivity index (χ1v) is 8.27. The van der Waals surface area contributed by atoms with E-state index in [4.69, 9.17) is 0 Å². The van der Waals surface area contributed by atoms with Gasteiger partial charge in [0, 0.05) is 17.8 Å². The molecule has 7 nitrogen and oxygen atoms in total. The van der Waals surface area contributed by atoms with Crippen molar-refractivity contribution in [2.24, 2.45) is 0 Å². The molecule has 1 aliphatic heterocycles. The summed E-state index contributed by atoms with van der Waals surface area (Å²) in [6.07, 6.45) is 8.29. The average molecular weight is 328 g/mol. The molecule has 3 heterocycles. The quantitative estimate of drug-likeness (QED) is 0.895. The van der Waals surface area contributed by atoms with Gasteiger partial charge in [0.25, 0.3) is 5.91 Å². The Balaban J connectivity index is 1.82. The highest BCUT2D eigenvalue weighted by atomic mass is 16.2. The molecule has 2 aromatic rings. The zero-order chi connectivity index (χ0) is 17.2. The molecule has 0 radical (unpaired) electrons. The molecule has 2 aromatic heterocycles. The molecule has 24 heavy (non-hydrogen) atoms. The van der Waals surface area contributed by atoms with Crippen molar-refractivity contribution in [3.05, 3.63) is 36.7 Å². The highest BCUT2D eigenvalue weighted by Crippen LogP contribution is 2.28. The van der Waals surface area contributed by atoms with Crippen LogP contribution in [-0.2, 0) is 15.7 Å². The molecule has 128 valence electrons. The van der Waals surface area contributed by atoms with Crippen LogP contribution >= 0.6 is 0 Å². The van der Waals surface area contributed by atoms with Gasteiger partial charge in [-0.1, -0.05) is 20.8 Å². The standard InChI is InChI=1S/C17H24N6O/c1-16(2,3)14-19-11-13(12-20-14)22-15(24)17(5-8-18-9-6-17)23-10-4-7-21-23/h4,7,10-12,18H,5-6,8-9H2,1-3H3,(H,22,24). The molecule has 0 bridgehead atoms. The van der Waals surface area contributed by atoms with E-state index in [0.717, 1.165) is 18.9 Å². The van der Waals surface area contributed by atoms with Gasteiger partial charge in [0.15, 0.2) is 0 Å². The summed E-state index contributed by atoms with van der Waals surface area (Å²) < 4.78 is 1.77. The summed E-state index contributed by atoms with van der Waals surface area (Å²) in [5.74, 6) is 0.684. The highest BCUT2D eigenvalue weighted by Gasteiger charge is 2.42. The molecule has 0 atom stereocenters. The maximum Gasteiger partial charge on any atom is 0.252 e. The number of nitrogens with one attached hydrogen (secondary N) is 2. The largest absolute Gasteiger partial charge is 0.321 e. The smallest absolute Gasteiger partial charge is 0.252 e. The van der Waals surface area contributed by atoms with E-state index in [0.29, 0.717) is 18.5 Å². The van der Waals surface area contributed by atoms with Gasteiger partial charge in [-0.2, -0.15) is 5.10 Å². The minimum atomic E-state index is -0.669. The molecule has 1 aliphatic rings. The Morgan fingerprint density at radius 3 is 2.46 bits per heavy atom. The molecule has 1 fully saturated rings. The molecule has 0 saturated carbocycles. The molecule has 0 spiro atoms. The van der Waals surface area contributed by atoms with Crippen LogP contribution in [0.15, 0.2) is 30.9 Å². The fraction of sp³-hybridized carbons (Fsp3) is 0.529. The van der Waals surface area contributed by atoms with Crippen LogP contribution in [0.4, 0.5) is 5.69 Å². The molecule has 0 aliphatic carbocycles. The molecule has 0 aromatic carbocycles. The summed E-state index contributed by atoms with van der Waals surface area (Å²) in [5, 5.41) is 10.6. The van der Waals surface area contributed by atoms with Gasteiger partial charge in [0.1, 0.15) is 11.4 Å². The number of carbonyl (C=O) groups is 1. The van der Waals surface area contributed by atoms with E-state index in [-0.39, 0.29) is 11.3 Å². The molecule has 0 unspecified atom stereocenters. The molecular formula is C17H24N6O. The molecular weight excluding hydrogens is 304 g/mol. The summed E-state index contributed by atoms with van der Waals surface area (Å²) in [6, 6.07) is 1.85. The number of amides is 1. The second kappa shape index (κ2) is 6.32. The summed E-state index contributed by atoms with van der Waals surface area (Å²) in [5.41, 5.74) is -0.177. The third-order valence-electron chi connectivity index (χ3n) is 4.38. The van der Waals surface area contributed by atoms with Crippen molar-refractivity contribution >= 4 is 11.6 Å². The first-order chi connectivity index (χ1) is 11.4. The van der Waals surface area contributed by atoms with Crippen LogP contribution < -0.4 is 10.6 Å². The Morgan fingerprint density at radius 1 is 1.25 bits per heavy atom. The Bertz CT molecular complexity index is 681. The zero-order valence-electron chi connectivity index (χ0n) is 14.4. The van der Waals surface area contributed by atoms with E-state index in [1.54, 1.807) is 23.3 Å². The van der Waals surface area contributed by atoms with Gasteiger partial charge in [-0.15, -0.1) is 0 Å². The normalized spacial score (nSPS) is 17.5. The number of aromatic nitrogens is 4. The second-order valence-corrected chi connectivity index (χ2v) is 7.23. The van der Waals surface area contributed by atoms with E-state index in [2.05, 4.69) is 46.5 Å². The lowest BCUT2D eigenvalue weighted by atomic mass is 9.87. The number of rotatable bonds is 3. The van der Waals surface area contributed by atoms with E-state index in [1.807, 2.05) is 12.3 Å². The third-order valence-corrected chi connectivity index (χ3v) is 4.38. The number of piperidine rings is 1. The maximum atomic E-state index is 13.0. The molecule has 1 amide bonds. The van der Waals surface area contributed by atoms with Gasteiger partial charge in [-0.05, 0) is 32.0 Å². The molecule has 3 rings (SSSR count). The van der Waals surface area contributed by atoms with Gasteiger partial charge >= 0.3 is 0 Å². The van der Waals surface area contributed by atoms with Crippen LogP contribution in [0.2, 0.25) is 0 Å². The van der Waals surface area contributed by atoms with Crippen LogP contribution in [0.3, 0.4) is 0 Å². The minimum absolute atomic E-state index is 0.0696. The van der Waals surface area contributed by atoms with Crippen molar-refractivity contribution in [3.63, 3.8) is 0 Å². The maximum absolute atomic E-state index is 13.0. The van der Waals surface area contributed by atoms with Crippen molar-refractivity contribution in [3.8, 4) is 0 Å². The topological polar surface area (TPSA) is 84.7 Å². The first-order valence-electron chi connectivity index (χ1n) is 8.27. The van der Waals surface area contributed by atoms with E-state index in [9.17, 15) is 4.79 Å². The Morgan fingerprint density at radius 2 is 1.92 bits per heavy atom. The van der Waals surface area contributed by atoms with E-state index < -0.39 is 5.54 Å². The fourth-order valence-corrected chi connectivity index (χ4v) is 2.95. The van der Waals surface area contributed by atoms with E-state index in [1.165, 1.54) is 0 Å². The summed E-state index contributed by atoms with van der Waals surface area (Å²) in [4.78, 5) is 21.8. The molecule has 7 heteroatoms. The third kappa shape index (κ3) is 3.17. The molecule has 1 saturated heterocycles. The van der Waals surface area contributed by atoms with Crippen LogP contribution in [0.1, 0.15) is 39.4 Å². The lowest BCUT2D eigenvalue weighted by Crippen LogP contribution is -2.52. The van der Waals surface area contributed by atoms with Crippen molar-refractivity contribution in [1.29, 1.82) is 0 Å². The Labute approximate surface area is 141 Å². The minimum Gasteiger partial charge on any atom is -0.321 e. The monoisotopic (exact) mass is 328 g/mol. The number of hydrogen-bond acceptors (Lipinski definition) is 5. The van der Waals surface area contributed by atoms with Crippen LogP contribution in [0.5, 0.6) is 0 Å². The number of anilines is 1. The lowest BCUT2D eigenvalue weighted by Gasteiger charge is -2.36. The molecule has 2 N–H and O–H groups in total. The summed E-state index contributed by atoms with van der Waals surface area (Å²) >= 11 is 0. The number of hydrogen-bond donors (Lipinski definition) is 2. The first kappa shape index (κ1) is 16.6. The predicted molar refractivity (Wildman–Crippen MR) is 91.7 cm³/mol. The lowest BCUT2D eigenvalue weighted by molar-refractivity contribution is -0.126. The van der Waals surface area contributed by atoms with Crippen LogP contribution in [0, 0.1) is 0 Å². The summed E-state index contributed by atoms with van der Waals surface area (Å²) in [7, 11) is 0. The van der Waals surface area contributed by atoms with Crippen LogP contribution in [-0.4, -0.2) is 38.7 Å². The average Bonchev–Trinajstić information content (AvgIpc) is 3.10. The Hall–Kier alpha value is -2.28. The van der Waals surface area contributed by atoms with Crippen molar-refractivity contribution in [1.82, 2.24) is 25.1 Å². The Kier molecular flexibility index (Phi) is 4.36. The van der Waals surface area contributed by atoms with E-state index >= 15 is 0 Å². The fourth-order valence-electron chi connectivity index (χ4n) is 2.95. The van der Waals surface area contributed by atoms with Crippen LogP contribution in [0.25, 0.3) is 0 Å². The van der Waals surface area contributed by atoms with Gasteiger partial charge in [0.05, 0.1) is 18.1 Å². The van der Waals surface area contributed by atoms with Crippen molar-refractivity contribution in [2.75, 3.05) is 18.4 Å².